The summed E-state index contributed by atoms with van der Waals surface area (Å²) in [5, 5.41) is 11.5. The van der Waals surface area contributed by atoms with Gasteiger partial charge < -0.3 is 16.2 Å². The van der Waals surface area contributed by atoms with Crippen molar-refractivity contribution in [2.45, 2.75) is 26.2 Å². The lowest BCUT2D eigenvalue weighted by Gasteiger charge is -2.09. The SMILES string of the molecule is CC(CN)CCC(=O)Nc1cccc(CC(=O)O)c1. The lowest BCUT2D eigenvalue weighted by atomic mass is 10.1. The van der Waals surface area contributed by atoms with Gasteiger partial charge in [0.05, 0.1) is 6.42 Å². The van der Waals surface area contributed by atoms with Gasteiger partial charge >= 0.3 is 5.97 Å². The summed E-state index contributed by atoms with van der Waals surface area (Å²) in [4.78, 5) is 22.3. The molecule has 0 radical (unpaired) electrons. The average molecular weight is 264 g/mol. The van der Waals surface area contributed by atoms with Crippen LogP contribution in [-0.2, 0) is 16.0 Å². The number of nitrogens with two attached hydrogens (primary N) is 1. The molecule has 4 N–H and O–H groups in total. The number of amides is 1. The van der Waals surface area contributed by atoms with Gasteiger partial charge in [0.1, 0.15) is 0 Å². The number of carboxylic acids is 1. The number of nitrogens with one attached hydrogen (secondary N) is 1. The fourth-order valence-electron chi connectivity index (χ4n) is 1.65. The van der Waals surface area contributed by atoms with Crippen molar-refractivity contribution in [2.24, 2.45) is 11.7 Å². The van der Waals surface area contributed by atoms with E-state index in [0.717, 1.165) is 6.42 Å². The molecule has 1 amide bonds. The normalized spacial score (nSPS) is 11.9. The van der Waals surface area contributed by atoms with Crippen molar-refractivity contribution < 1.29 is 14.7 Å². The van der Waals surface area contributed by atoms with Crippen LogP contribution in [0.5, 0.6) is 0 Å². The van der Waals surface area contributed by atoms with E-state index in [-0.39, 0.29) is 12.3 Å². The smallest absolute Gasteiger partial charge is 0.307 e. The number of carbonyl (C=O) groups is 2. The number of benzene rings is 1. The first-order valence-electron chi connectivity index (χ1n) is 6.32. The molecule has 1 rings (SSSR count). The topological polar surface area (TPSA) is 92.4 Å². The Labute approximate surface area is 112 Å². The van der Waals surface area contributed by atoms with E-state index in [2.05, 4.69) is 5.32 Å². The fraction of sp³-hybridized carbons (Fsp3) is 0.429. The molecule has 5 heteroatoms. The molecule has 0 fully saturated rings. The Morgan fingerprint density at radius 2 is 2.16 bits per heavy atom. The molecule has 0 aromatic heterocycles. The Morgan fingerprint density at radius 1 is 1.42 bits per heavy atom. The van der Waals surface area contributed by atoms with E-state index in [1.807, 2.05) is 6.92 Å². The second-order valence-corrected chi connectivity index (χ2v) is 4.70. The van der Waals surface area contributed by atoms with Crippen molar-refractivity contribution in [3.05, 3.63) is 29.8 Å². The molecule has 0 aliphatic heterocycles. The highest BCUT2D eigenvalue weighted by atomic mass is 16.4. The molecule has 0 aliphatic carbocycles. The molecule has 0 heterocycles. The summed E-state index contributed by atoms with van der Waals surface area (Å²) in [5.41, 5.74) is 6.79. The van der Waals surface area contributed by atoms with Crippen LogP contribution in [0.3, 0.4) is 0 Å². The lowest BCUT2D eigenvalue weighted by molar-refractivity contribution is -0.136. The van der Waals surface area contributed by atoms with E-state index >= 15 is 0 Å². The molecule has 19 heavy (non-hydrogen) atoms. The van der Waals surface area contributed by atoms with Gasteiger partial charge in [-0.25, -0.2) is 0 Å². The minimum absolute atomic E-state index is 0.0477. The van der Waals surface area contributed by atoms with Crippen molar-refractivity contribution in [1.82, 2.24) is 0 Å². The molecule has 0 aliphatic rings. The summed E-state index contributed by atoms with van der Waals surface area (Å²) < 4.78 is 0. The number of carbonyl (C=O) groups excluding carboxylic acids is 1. The number of anilines is 1. The molecule has 0 saturated carbocycles. The third-order valence-electron chi connectivity index (χ3n) is 2.83. The van der Waals surface area contributed by atoms with Crippen LogP contribution >= 0.6 is 0 Å². The van der Waals surface area contributed by atoms with Gasteiger partial charge in [-0.1, -0.05) is 19.1 Å². The Bertz CT molecular complexity index is 446. The van der Waals surface area contributed by atoms with Crippen LogP contribution in [0.1, 0.15) is 25.3 Å². The Hall–Kier alpha value is -1.88. The van der Waals surface area contributed by atoms with Crippen LogP contribution < -0.4 is 11.1 Å². The lowest BCUT2D eigenvalue weighted by Crippen LogP contribution is -2.16. The Balaban J connectivity index is 2.52. The summed E-state index contributed by atoms with van der Waals surface area (Å²) in [6.07, 6.45) is 1.12. The minimum atomic E-state index is -0.889. The quantitative estimate of drug-likeness (QED) is 0.697. The van der Waals surface area contributed by atoms with Gasteiger partial charge in [-0.2, -0.15) is 0 Å². The van der Waals surface area contributed by atoms with Crippen LogP contribution in [0.15, 0.2) is 24.3 Å². The van der Waals surface area contributed by atoms with Crippen LogP contribution in [0.4, 0.5) is 5.69 Å². The van der Waals surface area contributed by atoms with Crippen molar-refractivity contribution >= 4 is 17.6 Å². The Morgan fingerprint density at radius 3 is 2.79 bits per heavy atom. The van der Waals surface area contributed by atoms with Gasteiger partial charge in [0, 0.05) is 12.1 Å². The zero-order chi connectivity index (χ0) is 14.3. The molecule has 1 aromatic carbocycles. The van der Waals surface area contributed by atoms with Crippen molar-refractivity contribution in [3.8, 4) is 0 Å². The summed E-state index contributed by atoms with van der Waals surface area (Å²) in [5.74, 6) is -0.642. The van der Waals surface area contributed by atoms with Crippen LogP contribution in [0.2, 0.25) is 0 Å². The second-order valence-electron chi connectivity index (χ2n) is 4.70. The van der Waals surface area contributed by atoms with Gasteiger partial charge in [-0.05, 0) is 36.6 Å². The van der Waals surface area contributed by atoms with Crippen molar-refractivity contribution in [2.75, 3.05) is 11.9 Å². The highest BCUT2D eigenvalue weighted by Gasteiger charge is 2.07. The summed E-state index contributed by atoms with van der Waals surface area (Å²) >= 11 is 0. The fourth-order valence-corrected chi connectivity index (χ4v) is 1.65. The molecule has 0 spiro atoms. The number of aliphatic carboxylic acids is 1. The molecular weight excluding hydrogens is 244 g/mol. The average Bonchev–Trinajstić information content (AvgIpc) is 2.35. The first kappa shape index (κ1) is 15.2. The zero-order valence-electron chi connectivity index (χ0n) is 11.1. The zero-order valence-corrected chi connectivity index (χ0v) is 11.1. The van der Waals surface area contributed by atoms with Gasteiger partial charge in [-0.3, -0.25) is 9.59 Å². The van der Waals surface area contributed by atoms with Crippen molar-refractivity contribution in [1.29, 1.82) is 0 Å². The molecular formula is C14H20N2O3. The number of hydrogen-bond acceptors (Lipinski definition) is 3. The first-order chi connectivity index (χ1) is 9.01. The molecule has 1 aromatic rings. The van der Waals surface area contributed by atoms with E-state index in [9.17, 15) is 9.59 Å². The maximum Gasteiger partial charge on any atom is 0.307 e. The molecule has 5 nitrogen and oxygen atoms in total. The largest absolute Gasteiger partial charge is 0.481 e. The van der Waals surface area contributed by atoms with Crippen molar-refractivity contribution in [3.63, 3.8) is 0 Å². The Kier molecular flexibility index (Phi) is 6.02. The second kappa shape index (κ2) is 7.53. The summed E-state index contributed by atoms with van der Waals surface area (Å²) in [6.45, 7) is 2.57. The van der Waals surface area contributed by atoms with E-state index < -0.39 is 5.97 Å². The molecule has 0 bridgehead atoms. The number of carboxylic acid groups (broad SMARTS) is 1. The molecule has 0 saturated heterocycles. The van der Waals surface area contributed by atoms with Crippen LogP contribution in [0.25, 0.3) is 0 Å². The maximum atomic E-state index is 11.7. The summed E-state index contributed by atoms with van der Waals surface area (Å²) in [7, 11) is 0. The van der Waals surface area contributed by atoms with Gasteiger partial charge in [-0.15, -0.1) is 0 Å². The van der Waals surface area contributed by atoms with Gasteiger partial charge in [0.2, 0.25) is 5.91 Å². The highest BCUT2D eigenvalue weighted by Crippen LogP contribution is 2.12. The van der Waals surface area contributed by atoms with E-state index in [1.165, 1.54) is 0 Å². The molecule has 1 unspecified atom stereocenters. The highest BCUT2D eigenvalue weighted by molar-refractivity contribution is 5.90. The first-order valence-corrected chi connectivity index (χ1v) is 6.32. The van der Waals surface area contributed by atoms with Gasteiger partial charge in [0.25, 0.3) is 0 Å². The monoisotopic (exact) mass is 264 g/mol. The third kappa shape index (κ3) is 6.01. The third-order valence-corrected chi connectivity index (χ3v) is 2.83. The van der Waals surface area contributed by atoms with E-state index in [0.29, 0.717) is 30.1 Å². The maximum absolute atomic E-state index is 11.7. The van der Waals surface area contributed by atoms with Gasteiger partial charge in [0.15, 0.2) is 0 Å². The number of hydrogen-bond donors (Lipinski definition) is 3. The predicted molar refractivity (Wildman–Crippen MR) is 73.9 cm³/mol. The van der Waals surface area contributed by atoms with Crippen LogP contribution in [0, 0.1) is 5.92 Å². The minimum Gasteiger partial charge on any atom is -0.481 e. The standard InChI is InChI=1S/C14H20N2O3/c1-10(9-15)5-6-13(17)16-12-4-2-3-11(7-12)8-14(18)19/h2-4,7,10H,5-6,8-9,15H2,1H3,(H,16,17)(H,18,19). The molecule has 1 atom stereocenters. The number of rotatable bonds is 7. The summed E-state index contributed by atoms with van der Waals surface area (Å²) in [6, 6.07) is 6.88. The predicted octanol–water partition coefficient (Wildman–Crippen LogP) is 1.63. The van der Waals surface area contributed by atoms with E-state index in [4.69, 9.17) is 10.8 Å². The molecule has 104 valence electrons. The van der Waals surface area contributed by atoms with E-state index in [1.54, 1.807) is 24.3 Å². The van der Waals surface area contributed by atoms with Crippen LogP contribution in [-0.4, -0.2) is 23.5 Å².